The number of thioether (sulfide) groups is 1. The van der Waals surface area contributed by atoms with E-state index in [9.17, 15) is 22.8 Å². The maximum absolute atomic E-state index is 12.5. The molecule has 0 unspecified atom stereocenters. The number of imide groups is 1. The second kappa shape index (κ2) is 8.26. The van der Waals surface area contributed by atoms with Crippen LogP contribution in [0.5, 0.6) is 0 Å². The van der Waals surface area contributed by atoms with Gasteiger partial charge in [0.05, 0.1) is 16.4 Å². The van der Waals surface area contributed by atoms with E-state index < -0.39 is 21.0 Å². The maximum atomic E-state index is 12.5. The summed E-state index contributed by atoms with van der Waals surface area (Å²) in [5.74, 6) is -0.694. The summed E-state index contributed by atoms with van der Waals surface area (Å²) in [5, 5.41) is 0.145. The molecule has 0 aromatic heterocycles. The standard InChI is InChI=1S/C18H19ClN2O5S2/c1-20(14-7-9-28(25,26)11-14)16(22)6-8-21-17(23)15(27-18(21)24)10-12-2-4-13(19)5-3-12/h2-5,10,14H,6-9,11H2,1H3/b15-10-/t14-/m1/s1. The van der Waals surface area contributed by atoms with Crippen LogP contribution in [0, 0.1) is 0 Å². The summed E-state index contributed by atoms with van der Waals surface area (Å²) in [5.41, 5.74) is 0.744. The molecule has 2 heterocycles. The van der Waals surface area contributed by atoms with Gasteiger partial charge in [0, 0.05) is 31.1 Å². The predicted molar refractivity (Wildman–Crippen MR) is 109 cm³/mol. The molecule has 2 aliphatic heterocycles. The molecule has 7 nitrogen and oxygen atoms in total. The van der Waals surface area contributed by atoms with Gasteiger partial charge in [0.1, 0.15) is 0 Å². The molecule has 28 heavy (non-hydrogen) atoms. The van der Waals surface area contributed by atoms with Gasteiger partial charge in [-0.3, -0.25) is 19.3 Å². The minimum atomic E-state index is -3.09. The number of benzene rings is 1. The summed E-state index contributed by atoms with van der Waals surface area (Å²) in [7, 11) is -1.54. The van der Waals surface area contributed by atoms with Crippen molar-refractivity contribution < 1.29 is 22.8 Å². The minimum Gasteiger partial charge on any atom is -0.342 e. The summed E-state index contributed by atoms with van der Waals surface area (Å²) in [6.07, 6.45) is 1.98. The molecule has 0 saturated carbocycles. The molecule has 0 radical (unpaired) electrons. The Hall–Kier alpha value is -1.84. The van der Waals surface area contributed by atoms with Gasteiger partial charge in [-0.15, -0.1) is 0 Å². The van der Waals surface area contributed by atoms with Crippen LogP contribution in [0.15, 0.2) is 29.2 Å². The lowest BCUT2D eigenvalue weighted by Crippen LogP contribution is -2.40. The molecule has 2 saturated heterocycles. The van der Waals surface area contributed by atoms with Crippen molar-refractivity contribution >= 4 is 56.3 Å². The highest BCUT2D eigenvalue weighted by Gasteiger charge is 2.36. The van der Waals surface area contributed by atoms with Crippen molar-refractivity contribution in [1.82, 2.24) is 9.80 Å². The average Bonchev–Trinajstić information content (AvgIpc) is 3.13. The lowest BCUT2D eigenvalue weighted by molar-refractivity contribution is -0.132. The molecule has 0 spiro atoms. The number of carbonyl (C=O) groups is 3. The van der Waals surface area contributed by atoms with Crippen LogP contribution in [-0.2, 0) is 19.4 Å². The lowest BCUT2D eigenvalue weighted by atomic mass is 10.2. The Morgan fingerprint density at radius 2 is 2.00 bits per heavy atom. The molecule has 1 aromatic carbocycles. The molecular formula is C18H19ClN2O5S2. The van der Waals surface area contributed by atoms with E-state index in [0.717, 1.165) is 22.2 Å². The molecule has 10 heteroatoms. The van der Waals surface area contributed by atoms with Gasteiger partial charge in [0.25, 0.3) is 11.1 Å². The molecule has 3 rings (SSSR count). The van der Waals surface area contributed by atoms with Crippen molar-refractivity contribution in [1.29, 1.82) is 0 Å². The van der Waals surface area contributed by atoms with E-state index in [1.165, 1.54) is 4.90 Å². The molecule has 1 aromatic rings. The van der Waals surface area contributed by atoms with Gasteiger partial charge in [0.2, 0.25) is 5.91 Å². The second-order valence-electron chi connectivity index (χ2n) is 6.70. The van der Waals surface area contributed by atoms with E-state index in [1.807, 2.05) is 0 Å². The normalized spacial score (nSPS) is 22.9. The lowest BCUT2D eigenvalue weighted by Gasteiger charge is -2.24. The zero-order chi connectivity index (χ0) is 20.5. The number of amides is 3. The van der Waals surface area contributed by atoms with E-state index >= 15 is 0 Å². The third-order valence-electron chi connectivity index (χ3n) is 4.74. The number of hydrogen-bond donors (Lipinski definition) is 0. The number of sulfone groups is 1. The van der Waals surface area contributed by atoms with Crippen LogP contribution in [0.2, 0.25) is 5.02 Å². The van der Waals surface area contributed by atoms with E-state index in [0.29, 0.717) is 11.4 Å². The largest absolute Gasteiger partial charge is 0.342 e. The number of carbonyl (C=O) groups excluding carboxylic acids is 3. The Bertz CT molecular complexity index is 943. The van der Waals surface area contributed by atoms with Crippen LogP contribution in [0.1, 0.15) is 18.4 Å². The first-order valence-electron chi connectivity index (χ1n) is 8.63. The summed E-state index contributed by atoms with van der Waals surface area (Å²) in [4.78, 5) is 39.8. The number of hydrogen-bond acceptors (Lipinski definition) is 6. The highest BCUT2D eigenvalue weighted by atomic mass is 35.5. The Morgan fingerprint density at radius 1 is 1.32 bits per heavy atom. The fourth-order valence-electron chi connectivity index (χ4n) is 3.07. The van der Waals surface area contributed by atoms with Crippen molar-refractivity contribution in [3.63, 3.8) is 0 Å². The Morgan fingerprint density at radius 3 is 2.61 bits per heavy atom. The molecule has 0 aliphatic carbocycles. The van der Waals surface area contributed by atoms with Gasteiger partial charge in [-0.2, -0.15) is 0 Å². The van der Waals surface area contributed by atoms with Gasteiger partial charge in [-0.1, -0.05) is 23.7 Å². The fraction of sp³-hybridized carbons (Fsp3) is 0.389. The molecular weight excluding hydrogens is 424 g/mol. The number of rotatable bonds is 5. The molecule has 0 bridgehead atoms. The highest BCUT2D eigenvalue weighted by molar-refractivity contribution is 8.18. The summed E-state index contributed by atoms with van der Waals surface area (Å²) < 4.78 is 23.1. The van der Waals surface area contributed by atoms with Gasteiger partial charge >= 0.3 is 0 Å². The first kappa shape index (κ1) is 20.9. The van der Waals surface area contributed by atoms with Crippen molar-refractivity contribution in [3.8, 4) is 0 Å². The molecule has 0 N–H and O–H groups in total. The number of halogens is 1. The monoisotopic (exact) mass is 442 g/mol. The zero-order valence-electron chi connectivity index (χ0n) is 15.1. The Labute approximate surface area is 172 Å². The third kappa shape index (κ3) is 4.76. The van der Waals surface area contributed by atoms with Crippen LogP contribution < -0.4 is 0 Å². The van der Waals surface area contributed by atoms with Gasteiger partial charge in [-0.25, -0.2) is 8.42 Å². The van der Waals surface area contributed by atoms with Gasteiger partial charge in [0.15, 0.2) is 9.84 Å². The van der Waals surface area contributed by atoms with Crippen molar-refractivity contribution in [2.24, 2.45) is 0 Å². The summed E-state index contributed by atoms with van der Waals surface area (Å²) in [6, 6.07) is 6.51. The predicted octanol–water partition coefficient (Wildman–Crippen LogP) is 2.41. The molecule has 150 valence electrons. The first-order chi connectivity index (χ1) is 13.2. The summed E-state index contributed by atoms with van der Waals surface area (Å²) in [6.45, 7) is -0.0364. The van der Waals surface area contributed by atoms with Crippen LogP contribution >= 0.6 is 23.4 Å². The maximum Gasteiger partial charge on any atom is 0.293 e. The molecule has 2 fully saturated rings. The first-order valence-corrected chi connectivity index (χ1v) is 11.6. The topological polar surface area (TPSA) is 91.8 Å². The fourth-order valence-corrected chi connectivity index (χ4v) is 5.84. The van der Waals surface area contributed by atoms with Crippen LogP contribution in [0.3, 0.4) is 0 Å². The highest BCUT2D eigenvalue weighted by Crippen LogP contribution is 2.32. The van der Waals surface area contributed by atoms with Crippen LogP contribution in [-0.4, -0.2) is 66.4 Å². The quantitative estimate of drug-likeness (QED) is 0.650. The number of nitrogens with zero attached hydrogens (tertiary/aromatic N) is 2. The van der Waals surface area contributed by atoms with E-state index in [1.54, 1.807) is 37.4 Å². The van der Waals surface area contributed by atoms with Crippen LogP contribution in [0.25, 0.3) is 6.08 Å². The smallest absolute Gasteiger partial charge is 0.293 e. The average molecular weight is 443 g/mol. The minimum absolute atomic E-state index is 0.0364. The van der Waals surface area contributed by atoms with Gasteiger partial charge < -0.3 is 4.90 Å². The second-order valence-corrected chi connectivity index (χ2v) is 10.4. The van der Waals surface area contributed by atoms with Gasteiger partial charge in [-0.05, 0) is 42.0 Å². The van der Waals surface area contributed by atoms with Crippen molar-refractivity contribution in [2.75, 3.05) is 25.1 Å². The van der Waals surface area contributed by atoms with Crippen LogP contribution in [0.4, 0.5) is 4.79 Å². The van der Waals surface area contributed by atoms with E-state index in [-0.39, 0.29) is 41.3 Å². The Balaban J connectivity index is 1.60. The zero-order valence-corrected chi connectivity index (χ0v) is 17.5. The van der Waals surface area contributed by atoms with Crippen molar-refractivity contribution in [2.45, 2.75) is 18.9 Å². The molecule has 3 amide bonds. The van der Waals surface area contributed by atoms with E-state index in [4.69, 9.17) is 11.6 Å². The third-order valence-corrected chi connectivity index (χ3v) is 7.65. The van der Waals surface area contributed by atoms with Crippen molar-refractivity contribution in [3.05, 3.63) is 39.8 Å². The Kier molecular flexibility index (Phi) is 6.16. The summed E-state index contributed by atoms with van der Waals surface area (Å²) >= 11 is 6.67. The van der Waals surface area contributed by atoms with E-state index in [2.05, 4.69) is 0 Å². The molecule has 1 atom stereocenters. The molecule has 2 aliphatic rings. The SMILES string of the molecule is CN(C(=O)CCN1C(=O)S/C(=C\c2ccc(Cl)cc2)C1=O)[C@@H]1CCS(=O)(=O)C1.